The Kier molecular flexibility index (Phi) is 6.96. The van der Waals surface area contributed by atoms with Crippen molar-refractivity contribution in [3.63, 3.8) is 0 Å². The van der Waals surface area contributed by atoms with Crippen molar-refractivity contribution in [1.82, 2.24) is 25.3 Å². The fraction of sp³-hybridized carbons (Fsp3) is 0.316. The first-order chi connectivity index (χ1) is 13.6. The molecule has 3 aromatic rings. The molecule has 0 spiro atoms. The molecule has 1 amide bonds. The number of fused-ring (bicyclic) bond motifs is 1. The van der Waals surface area contributed by atoms with Crippen LogP contribution in [0.25, 0.3) is 11.2 Å². The van der Waals surface area contributed by atoms with Crippen LogP contribution in [-0.4, -0.2) is 48.7 Å². The maximum Gasteiger partial charge on any atom is 0.326 e. The molecule has 1 aromatic carbocycles. The van der Waals surface area contributed by atoms with Crippen molar-refractivity contribution in [2.45, 2.75) is 36.8 Å². The van der Waals surface area contributed by atoms with Gasteiger partial charge in [-0.15, -0.1) is 11.8 Å². The third-order valence-corrected chi connectivity index (χ3v) is 5.22. The Morgan fingerprint density at radius 3 is 2.75 bits per heavy atom. The lowest BCUT2D eigenvalue weighted by Gasteiger charge is -2.14. The normalized spacial score (nSPS) is 12.0. The smallest absolute Gasteiger partial charge is 0.326 e. The molecule has 0 saturated carbocycles. The first-order valence-electron chi connectivity index (χ1n) is 8.96. The third kappa shape index (κ3) is 5.53. The van der Waals surface area contributed by atoms with Crippen molar-refractivity contribution in [2.75, 3.05) is 5.75 Å². The highest BCUT2D eigenvalue weighted by atomic mass is 32.2. The highest BCUT2D eigenvalue weighted by Gasteiger charge is 2.20. The van der Waals surface area contributed by atoms with Gasteiger partial charge in [0, 0.05) is 12.8 Å². The molecule has 8 nitrogen and oxygen atoms in total. The molecule has 0 bridgehead atoms. The monoisotopic (exact) mass is 399 g/mol. The fourth-order valence-electron chi connectivity index (χ4n) is 2.73. The van der Waals surface area contributed by atoms with Crippen molar-refractivity contribution in [3.05, 3.63) is 48.5 Å². The number of carboxylic acids is 1. The molecule has 3 N–H and O–H groups in total. The summed E-state index contributed by atoms with van der Waals surface area (Å²) in [5, 5.41) is 12.8. The Morgan fingerprint density at radius 1 is 1.14 bits per heavy atom. The number of benzene rings is 1. The zero-order valence-electron chi connectivity index (χ0n) is 15.2. The van der Waals surface area contributed by atoms with Crippen LogP contribution in [0.5, 0.6) is 0 Å². The van der Waals surface area contributed by atoms with Crippen molar-refractivity contribution in [1.29, 1.82) is 0 Å². The number of rotatable bonds is 10. The number of aliphatic carboxylic acids is 1. The number of amides is 1. The number of carboxylic acid groups (broad SMARTS) is 1. The number of hydrogen-bond acceptors (Lipinski definition) is 6. The molecule has 0 radical (unpaired) electrons. The van der Waals surface area contributed by atoms with Crippen LogP contribution in [0, 0.1) is 0 Å². The fourth-order valence-corrected chi connectivity index (χ4v) is 3.68. The highest BCUT2D eigenvalue weighted by molar-refractivity contribution is 7.99. The van der Waals surface area contributed by atoms with Gasteiger partial charge < -0.3 is 15.4 Å². The summed E-state index contributed by atoms with van der Waals surface area (Å²) >= 11 is 1.58. The number of aromatic amines is 1. The molecular weight excluding hydrogens is 378 g/mol. The van der Waals surface area contributed by atoms with Crippen molar-refractivity contribution >= 4 is 34.8 Å². The molecule has 28 heavy (non-hydrogen) atoms. The molecule has 146 valence electrons. The highest BCUT2D eigenvalue weighted by Crippen LogP contribution is 2.22. The molecule has 1 atom stereocenters. The van der Waals surface area contributed by atoms with Crippen molar-refractivity contribution in [3.8, 4) is 0 Å². The summed E-state index contributed by atoms with van der Waals surface area (Å²) in [4.78, 5) is 39.0. The lowest BCUT2D eigenvalue weighted by atomic mass is 10.1. The average molecular weight is 399 g/mol. The number of carbonyl (C=O) groups is 2. The summed E-state index contributed by atoms with van der Waals surface area (Å²) < 4.78 is 0. The second-order valence-corrected chi connectivity index (χ2v) is 7.32. The van der Waals surface area contributed by atoms with Crippen LogP contribution in [0.3, 0.4) is 0 Å². The van der Waals surface area contributed by atoms with Crippen molar-refractivity contribution < 1.29 is 14.7 Å². The molecule has 0 saturated heterocycles. The molecule has 2 heterocycles. The molecule has 0 fully saturated rings. The van der Waals surface area contributed by atoms with Gasteiger partial charge in [0.15, 0.2) is 5.65 Å². The molecule has 3 rings (SSSR count). The quantitative estimate of drug-likeness (QED) is 0.272. The minimum Gasteiger partial charge on any atom is -0.480 e. The van der Waals surface area contributed by atoms with E-state index in [0.29, 0.717) is 18.5 Å². The van der Waals surface area contributed by atoms with E-state index in [1.54, 1.807) is 18.1 Å². The maximum atomic E-state index is 12.1. The zero-order chi connectivity index (χ0) is 19.8. The van der Waals surface area contributed by atoms with Gasteiger partial charge in [-0.05, 0) is 24.2 Å². The summed E-state index contributed by atoms with van der Waals surface area (Å²) in [6, 6.07) is 8.35. The van der Waals surface area contributed by atoms with Gasteiger partial charge in [0.05, 0.1) is 6.33 Å². The third-order valence-electron chi connectivity index (χ3n) is 4.14. The predicted molar refractivity (Wildman–Crippen MR) is 106 cm³/mol. The SMILES string of the molecule is O=C(CCCCSc1ncnc2nc[nH]c12)N[C@H](Cc1ccccc1)C(=O)O. The topological polar surface area (TPSA) is 121 Å². The number of H-pyrrole nitrogens is 1. The second kappa shape index (κ2) is 9.84. The molecule has 0 aliphatic carbocycles. The minimum atomic E-state index is -1.03. The van der Waals surface area contributed by atoms with Gasteiger partial charge in [-0.25, -0.2) is 19.7 Å². The van der Waals surface area contributed by atoms with E-state index >= 15 is 0 Å². The van der Waals surface area contributed by atoms with E-state index in [9.17, 15) is 14.7 Å². The second-order valence-electron chi connectivity index (χ2n) is 6.23. The van der Waals surface area contributed by atoms with Gasteiger partial charge in [-0.1, -0.05) is 30.3 Å². The number of carbonyl (C=O) groups excluding carboxylic acids is 1. The maximum absolute atomic E-state index is 12.1. The van der Waals surface area contributed by atoms with E-state index in [-0.39, 0.29) is 12.3 Å². The van der Waals surface area contributed by atoms with E-state index in [0.717, 1.165) is 28.3 Å². The zero-order valence-corrected chi connectivity index (χ0v) is 16.0. The van der Waals surface area contributed by atoms with Crippen LogP contribution in [0.2, 0.25) is 0 Å². The Balaban J connectivity index is 1.40. The van der Waals surface area contributed by atoms with E-state index in [4.69, 9.17) is 0 Å². The Bertz CT molecular complexity index is 931. The summed E-state index contributed by atoms with van der Waals surface area (Å²) in [5.74, 6) is -0.475. The summed E-state index contributed by atoms with van der Waals surface area (Å²) in [5.41, 5.74) is 2.33. The van der Waals surface area contributed by atoms with Crippen LogP contribution in [0.4, 0.5) is 0 Å². The van der Waals surface area contributed by atoms with Gasteiger partial charge in [-0.2, -0.15) is 0 Å². The van der Waals surface area contributed by atoms with Gasteiger partial charge in [0.2, 0.25) is 5.91 Å². The average Bonchev–Trinajstić information content (AvgIpc) is 3.17. The van der Waals surface area contributed by atoms with Gasteiger partial charge in [-0.3, -0.25) is 4.79 Å². The predicted octanol–water partition coefficient (Wildman–Crippen LogP) is 2.43. The number of nitrogens with one attached hydrogen (secondary N) is 2. The van der Waals surface area contributed by atoms with Crippen LogP contribution in [0.1, 0.15) is 24.8 Å². The summed E-state index contributed by atoms with van der Waals surface area (Å²) in [6.45, 7) is 0. The summed E-state index contributed by atoms with van der Waals surface area (Å²) in [7, 11) is 0. The Morgan fingerprint density at radius 2 is 1.96 bits per heavy atom. The molecular formula is C19H21N5O3S. The lowest BCUT2D eigenvalue weighted by Crippen LogP contribution is -2.42. The number of hydrogen-bond donors (Lipinski definition) is 3. The van der Waals surface area contributed by atoms with Gasteiger partial charge in [0.1, 0.15) is 22.9 Å². The van der Waals surface area contributed by atoms with Gasteiger partial charge in [0.25, 0.3) is 0 Å². The molecule has 0 aliphatic heterocycles. The van der Waals surface area contributed by atoms with Crippen LogP contribution >= 0.6 is 11.8 Å². The largest absolute Gasteiger partial charge is 0.480 e. The number of imidazole rings is 1. The van der Waals surface area contributed by atoms with E-state index < -0.39 is 12.0 Å². The Hall–Kier alpha value is -2.94. The number of nitrogens with zero attached hydrogens (tertiary/aromatic N) is 3. The number of aromatic nitrogens is 4. The van der Waals surface area contributed by atoms with Crippen LogP contribution in [-0.2, 0) is 16.0 Å². The molecule has 2 aromatic heterocycles. The van der Waals surface area contributed by atoms with Crippen LogP contribution in [0.15, 0.2) is 48.0 Å². The van der Waals surface area contributed by atoms with Gasteiger partial charge >= 0.3 is 5.97 Å². The molecule has 9 heteroatoms. The number of unbranched alkanes of at least 4 members (excludes halogenated alkanes) is 1. The molecule has 0 aliphatic rings. The Labute approximate surface area is 166 Å². The first-order valence-corrected chi connectivity index (χ1v) is 9.95. The van der Waals surface area contributed by atoms with E-state index in [2.05, 4.69) is 25.3 Å². The van der Waals surface area contributed by atoms with E-state index in [1.165, 1.54) is 6.33 Å². The van der Waals surface area contributed by atoms with E-state index in [1.807, 2.05) is 30.3 Å². The molecule has 0 unspecified atom stereocenters. The lowest BCUT2D eigenvalue weighted by molar-refractivity contribution is -0.141. The standard InChI is InChI=1S/C19H21N5O3S/c25-15(24-14(19(26)27)10-13-6-2-1-3-7-13)8-4-5-9-28-18-16-17(21-11-20-16)22-12-23-18/h1-3,6-7,11-12,14H,4-5,8-10H2,(H,24,25)(H,26,27)(H,20,21,22,23)/t14-/m1/s1. The minimum absolute atomic E-state index is 0.244. The first kappa shape index (κ1) is 19.8. The van der Waals surface area contributed by atoms with Crippen LogP contribution < -0.4 is 5.32 Å². The van der Waals surface area contributed by atoms with Crippen molar-refractivity contribution in [2.24, 2.45) is 0 Å². The summed E-state index contributed by atoms with van der Waals surface area (Å²) in [6.07, 6.45) is 5.12. The number of thioether (sulfide) groups is 1.